The van der Waals surface area contributed by atoms with Gasteiger partial charge in [0.1, 0.15) is 0 Å². The van der Waals surface area contributed by atoms with Gasteiger partial charge in [-0.2, -0.15) is 0 Å². The number of carboxylic acid groups (broad SMARTS) is 2. The molecule has 0 heterocycles. The number of hydrogen-bond donors (Lipinski definition) is 4. The Labute approximate surface area is 147 Å². The minimum absolute atomic E-state index is 0.112. The smallest absolute Gasteiger partial charge is 0.450 e. The highest BCUT2D eigenvalue weighted by molar-refractivity contribution is 7.65. The summed E-state index contributed by atoms with van der Waals surface area (Å²) in [5.41, 5.74) is 0. The topological polar surface area (TPSA) is 98.0 Å². The number of aliphatic hydroxyl groups excluding tert-OH is 2. The van der Waals surface area contributed by atoms with Crippen LogP contribution < -0.4 is 0 Å². The van der Waals surface area contributed by atoms with Crippen molar-refractivity contribution in [1.29, 1.82) is 0 Å². The van der Waals surface area contributed by atoms with Crippen LogP contribution in [0.1, 0.15) is 12.8 Å². The van der Waals surface area contributed by atoms with E-state index in [1.165, 1.54) is 0 Å². The van der Waals surface area contributed by atoms with Crippen molar-refractivity contribution in [3.8, 4) is 0 Å². The summed E-state index contributed by atoms with van der Waals surface area (Å²) in [6, 6.07) is -3.74. The van der Waals surface area contributed by atoms with Crippen LogP contribution in [-0.2, 0) is 0 Å². The highest BCUT2D eigenvalue weighted by atomic mass is 35.8. The van der Waals surface area contributed by atoms with Gasteiger partial charge in [-0.05, 0) is 24.9 Å². The molecule has 0 unspecified atom stereocenters. The van der Waals surface area contributed by atoms with Gasteiger partial charge in [-0.1, -0.05) is 0 Å². The quantitative estimate of drug-likeness (QED) is 0.359. The summed E-state index contributed by atoms with van der Waals surface area (Å²) < 4.78 is 0. The fraction of sp³-hybridized carbons (Fsp3) is 0.857. The van der Waals surface area contributed by atoms with E-state index in [0.717, 1.165) is 0 Å². The van der Waals surface area contributed by atoms with E-state index >= 15 is 0 Å². The molecule has 0 amide bonds. The lowest BCUT2D eigenvalue weighted by molar-refractivity contribution is 0.137. The standard InChI is InChI=1S/2C3H7Cl3OSi.CH2O3/c2*4-8(5,6)3-1-2-7;2-1(3)4/h2*7H,1-3H2;(H2,2,3,4). The Morgan fingerprint density at radius 2 is 0.950 bits per heavy atom. The van der Waals surface area contributed by atoms with E-state index in [1.54, 1.807) is 0 Å². The zero-order valence-corrected chi connectivity index (χ0v) is 16.7. The summed E-state index contributed by atoms with van der Waals surface area (Å²) in [5, 5.41) is 30.5. The first kappa shape index (κ1) is 26.3. The van der Waals surface area contributed by atoms with Gasteiger partial charge < -0.3 is 20.4 Å². The van der Waals surface area contributed by atoms with Crippen LogP contribution >= 0.6 is 66.5 Å². The van der Waals surface area contributed by atoms with Crippen molar-refractivity contribution in [3.05, 3.63) is 0 Å². The van der Waals surface area contributed by atoms with Crippen LogP contribution in [0, 0.1) is 0 Å². The van der Waals surface area contributed by atoms with Crippen LogP contribution in [0.2, 0.25) is 12.1 Å². The van der Waals surface area contributed by atoms with Crippen LogP contribution in [-0.4, -0.2) is 51.8 Å². The Balaban J connectivity index is -0.000000230. The van der Waals surface area contributed by atoms with Gasteiger partial charge in [-0.25, -0.2) is 4.79 Å². The van der Waals surface area contributed by atoms with Gasteiger partial charge in [0.15, 0.2) is 0 Å². The van der Waals surface area contributed by atoms with E-state index in [9.17, 15) is 0 Å². The first-order chi connectivity index (χ1) is 8.85. The van der Waals surface area contributed by atoms with Crippen molar-refractivity contribution in [2.45, 2.75) is 24.9 Å². The number of hydrogen-bond acceptors (Lipinski definition) is 3. The maximum atomic E-state index is 8.56. The van der Waals surface area contributed by atoms with Crippen molar-refractivity contribution in [2.24, 2.45) is 0 Å². The molecule has 13 heteroatoms. The van der Waals surface area contributed by atoms with Crippen molar-refractivity contribution in [1.82, 2.24) is 0 Å². The van der Waals surface area contributed by atoms with Gasteiger partial charge in [0.25, 0.3) is 0 Å². The third-order valence-electron chi connectivity index (χ3n) is 1.24. The molecule has 0 atom stereocenters. The second-order valence-corrected chi connectivity index (χ2v) is 21.7. The highest BCUT2D eigenvalue weighted by Gasteiger charge is 2.23. The van der Waals surface area contributed by atoms with Crippen LogP contribution in [0.5, 0.6) is 0 Å². The van der Waals surface area contributed by atoms with Gasteiger partial charge in [0.2, 0.25) is 0 Å². The van der Waals surface area contributed by atoms with E-state index in [0.29, 0.717) is 24.9 Å². The SMILES string of the molecule is O=C(O)O.OCCC[Si](Cl)(Cl)Cl.OCCC[Si](Cl)(Cl)Cl. The average molecular weight is 449 g/mol. The maximum Gasteiger partial charge on any atom is 0.503 e. The first-order valence-corrected chi connectivity index (χ1v) is 15.6. The van der Waals surface area contributed by atoms with E-state index < -0.39 is 18.2 Å². The van der Waals surface area contributed by atoms with Crippen molar-refractivity contribution in [3.63, 3.8) is 0 Å². The summed E-state index contributed by atoms with van der Waals surface area (Å²) in [5.74, 6) is 0. The third-order valence-corrected chi connectivity index (χ3v) is 6.48. The van der Waals surface area contributed by atoms with Crippen LogP contribution in [0.4, 0.5) is 4.79 Å². The molecule has 0 spiro atoms. The molecule has 0 saturated carbocycles. The molecule has 4 N–H and O–H groups in total. The lowest BCUT2D eigenvalue weighted by atomic mass is 10.5. The van der Waals surface area contributed by atoms with Gasteiger partial charge in [0.05, 0.1) is 0 Å². The first-order valence-electron chi connectivity index (χ1n) is 5.12. The minimum atomic E-state index is -2.42. The lowest BCUT2D eigenvalue weighted by Crippen LogP contribution is -2.08. The zero-order valence-electron chi connectivity index (χ0n) is 10.2. The molecular formula is C7H16Cl6O5Si2. The fourth-order valence-corrected chi connectivity index (χ4v) is 4.08. The Bertz CT molecular complexity index is 213. The average Bonchev–Trinajstić information content (AvgIpc) is 2.21. The summed E-state index contributed by atoms with van der Waals surface area (Å²) in [4.78, 5) is 8.56. The Kier molecular flexibility index (Phi) is 20.1. The number of rotatable bonds is 6. The molecule has 0 aliphatic carbocycles. The van der Waals surface area contributed by atoms with Crippen LogP contribution in [0.15, 0.2) is 0 Å². The Hall–Kier alpha value is 1.36. The molecule has 20 heavy (non-hydrogen) atoms. The van der Waals surface area contributed by atoms with Crippen molar-refractivity contribution < 1.29 is 25.2 Å². The largest absolute Gasteiger partial charge is 0.503 e. The predicted octanol–water partition coefficient (Wildman–Crippen LogP) is 4.27. The summed E-state index contributed by atoms with van der Waals surface area (Å²) >= 11 is 32.8. The Morgan fingerprint density at radius 1 is 0.750 bits per heavy atom. The second kappa shape index (κ2) is 15.3. The molecule has 0 aromatic carbocycles. The van der Waals surface area contributed by atoms with Gasteiger partial charge >= 0.3 is 18.2 Å². The molecule has 0 radical (unpaired) electrons. The number of halogens is 6. The van der Waals surface area contributed by atoms with Crippen LogP contribution in [0.25, 0.3) is 0 Å². The normalized spacial score (nSPS) is 10.8. The van der Waals surface area contributed by atoms with Crippen LogP contribution in [0.3, 0.4) is 0 Å². The Morgan fingerprint density at radius 3 is 1.00 bits per heavy atom. The van der Waals surface area contributed by atoms with Gasteiger partial charge in [0, 0.05) is 13.2 Å². The van der Waals surface area contributed by atoms with Crippen molar-refractivity contribution >= 4 is 84.6 Å². The number of carbonyl (C=O) groups is 1. The zero-order chi connectivity index (χ0) is 16.8. The molecular weight excluding hydrogens is 433 g/mol. The molecule has 5 nitrogen and oxygen atoms in total. The van der Waals surface area contributed by atoms with E-state index in [1.807, 2.05) is 0 Å². The molecule has 0 rings (SSSR count). The molecule has 0 fully saturated rings. The third kappa shape index (κ3) is 50.6. The predicted molar refractivity (Wildman–Crippen MR) is 90.3 cm³/mol. The fourth-order valence-electron chi connectivity index (χ4n) is 0.559. The van der Waals surface area contributed by atoms with Crippen molar-refractivity contribution in [2.75, 3.05) is 13.2 Å². The molecule has 0 aromatic heterocycles. The second-order valence-electron chi connectivity index (χ2n) is 3.17. The summed E-state index contributed by atoms with van der Waals surface area (Å²) in [7, 11) is 0. The van der Waals surface area contributed by atoms with E-state index in [-0.39, 0.29) is 13.2 Å². The molecule has 0 aromatic rings. The molecule has 0 saturated heterocycles. The molecule has 0 bridgehead atoms. The molecule has 0 aliphatic heterocycles. The summed E-state index contributed by atoms with van der Waals surface area (Å²) in [6.45, 7) is 0.224. The molecule has 124 valence electrons. The van der Waals surface area contributed by atoms with Gasteiger partial charge in [-0.3, -0.25) is 0 Å². The van der Waals surface area contributed by atoms with Gasteiger partial charge in [-0.15, -0.1) is 66.5 Å². The lowest BCUT2D eigenvalue weighted by Gasteiger charge is -2.03. The maximum absolute atomic E-state index is 8.56. The minimum Gasteiger partial charge on any atom is -0.450 e. The monoisotopic (exact) mass is 446 g/mol. The molecule has 0 aliphatic rings. The number of aliphatic hydroxyl groups is 2. The van der Waals surface area contributed by atoms with E-state index in [4.69, 9.17) is 91.7 Å². The summed E-state index contributed by atoms with van der Waals surface area (Å²) in [6.07, 6.45) is -0.633. The highest BCUT2D eigenvalue weighted by Crippen LogP contribution is 2.26. The van der Waals surface area contributed by atoms with E-state index in [2.05, 4.69) is 0 Å².